The van der Waals surface area contributed by atoms with E-state index in [0.717, 1.165) is 5.01 Å². The zero-order valence-electron chi connectivity index (χ0n) is 5.73. The van der Waals surface area contributed by atoms with Crippen LogP contribution in [0.5, 0.6) is 0 Å². The van der Waals surface area contributed by atoms with Crippen LogP contribution in [0.4, 0.5) is 5.82 Å². The van der Waals surface area contributed by atoms with Crippen LogP contribution in [-0.2, 0) is 0 Å². The highest BCUT2D eigenvalue weighted by Gasteiger charge is 2.01. The molecule has 1 rings (SSSR count). The monoisotopic (exact) mass is 172 g/mol. The minimum Gasteiger partial charge on any atom is -0.224 e. The fraction of sp³-hybridized carbons (Fsp3) is 0.200. The van der Waals surface area contributed by atoms with E-state index in [1.165, 1.54) is 19.4 Å². The number of nitrogens with zero attached hydrogens (tertiary/aromatic N) is 4. The first kappa shape index (κ1) is 7.87. The van der Waals surface area contributed by atoms with Gasteiger partial charge in [0.15, 0.2) is 5.82 Å². The predicted octanol–water partition coefficient (Wildman–Crippen LogP) is 1.25. The van der Waals surface area contributed by atoms with Crippen molar-refractivity contribution in [2.75, 3.05) is 12.1 Å². The summed E-state index contributed by atoms with van der Waals surface area (Å²) in [6.07, 6.45) is 1.26. The topological polar surface area (TPSA) is 58.5 Å². The molecule has 0 saturated carbocycles. The Morgan fingerprint density at radius 3 is 2.91 bits per heavy atom. The summed E-state index contributed by atoms with van der Waals surface area (Å²) in [4.78, 5) is 17.4. The van der Waals surface area contributed by atoms with Gasteiger partial charge in [-0.05, 0) is 0 Å². The Kier molecular flexibility index (Phi) is 2.32. The second-order valence-electron chi connectivity index (χ2n) is 1.80. The van der Waals surface area contributed by atoms with Crippen LogP contribution in [0.2, 0.25) is 5.15 Å². The summed E-state index contributed by atoms with van der Waals surface area (Å²) in [5, 5.41) is 3.98. The predicted molar refractivity (Wildman–Crippen MR) is 41.2 cm³/mol. The van der Waals surface area contributed by atoms with Crippen molar-refractivity contribution in [1.82, 2.24) is 9.97 Å². The first-order valence-corrected chi connectivity index (χ1v) is 3.16. The number of aromatic nitrogens is 2. The minimum absolute atomic E-state index is 0.283. The Balaban J connectivity index is 2.95. The molecular formula is C5H5ClN4O. The Morgan fingerprint density at radius 1 is 1.64 bits per heavy atom. The van der Waals surface area contributed by atoms with Gasteiger partial charge in [-0.25, -0.2) is 15.0 Å². The molecule has 0 radical (unpaired) electrons. The van der Waals surface area contributed by atoms with Gasteiger partial charge in [0.1, 0.15) is 11.5 Å². The summed E-state index contributed by atoms with van der Waals surface area (Å²) >= 11 is 5.52. The molecule has 6 heteroatoms. The van der Waals surface area contributed by atoms with Crippen LogP contribution < -0.4 is 5.01 Å². The zero-order chi connectivity index (χ0) is 8.27. The van der Waals surface area contributed by atoms with Crippen molar-refractivity contribution in [3.63, 3.8) is 0 Å². The van der Waals surface area contributed by atoms with Crippen molar-refractivity contribution in [1.29, 1.82) is 0 Å². The number of hydrogen-bond donors (Lipinski definition) is 0. The average molecular weight is 173 g/mol. The number of nitroso groups, excluding NO2 is 1. The summed E-state index contributed by atoms with van der Waals surface area (Å²) in [5.41, 5.74) is 0. The molecule has 5 nitrogen and oxygen atoms in total. The quantitative estimate of drug-likeness (QED) is 0.383. The molecule has 1 heterocycles. The maximum atomic E-state index is 9.99. The van der Waals surface area contributed by atoms with Crippen LogP contribution in [0.3, 0.4) is 0 Å². The molecule has 0 aliphatic heterocycles. The summed E-state index contributed by atoms with van der Waals surface area (Å²) < 4.78 is 0. The lowest BCUT2D eigenvalue weighted by atomic mass is 10.6. The third-order valence-corrected chi connectivity index (χ3v) is 1.28. The molecule has 0 fully saturated rings. The van der Waals surface area contributed by atoms with E-state index in [2.05, 4.69) is 15.3 Å². The van der Waals surface area contributed by atoms with E-state index in [9.17, 15) is 4.91 Å². The van der Waals surface area contributed by atoms with E-state index in [1.54, 1.807) is 0 Å². The third-order valence-electron chi connectivity index (χ3n) is 1.07. The molecule has 11 heavy (non-hydrogen) atoms. The van der Waals surface area contributed by atoms with Crippen LogP contribution in [0.25, 0.3) is 0 Å². The van der Waals surface area contributed by atoms with E-state index < -0.39 is 0 Å². The van der Waals surface area contributed by atoms with E-state index >= 15 is 0 Å². The van der Waals surface area contributed by atoms with Gasteiger partial charge in [-0.15, -0.1) is 4.91 Å². The van der Waals surface area contributed by atoms with Crippen molar-refractivity contribution < 1.29 is 0 Å². The van der Waals surface area contributed by atoms with Gasteiger partial charge >= 0.3 is 0 Å². The van der Waals surface area contributed by atoms with Gasteiger partial charge < -0.3 is 0 Å². The molecule has 0 atom stereocenters. The van der Waals surface area contributed by atoms with Crippen LogP contribution in [0.1, 0.15) is 0 Å². The summed E-state index contributed by atoms with van der Waals surface area (Å²) in [5.74, 6) is 0.375. The normalized spacial score (nSPS) is 9.27. The van der Waals surface area contributed by atoms with Crippen molar-refractivity contribution in [3.8, 4) is 0 Å². The molecule has 0 aliphatic carbocycles. The molecule has 1 aromatic heterocycles. The van der Waals surface area contributed by atoms with E-state index in [0.29, 0.717) is 5.82 Å². The Labute approximate surface area is 68.0 Å². The Bertz CT molecular complexity index is 266. The van der Waals surface area contributed by atoms with Crippen LogP contribution in [0, 0.1) is 4.91 Å². The van der Waals surface area contributed by atoms with Crippen molar-refractivity contribution in [3.05, 3.63) is 22.5 Å². The van der Waals surface area contributed by atoms with Gasteiger partial charge in [0.2, 0.25) is 0 Å². The number of hydrogen-bond acceptors (Lipinski definition) is 4. The van der Waals surface area contributed by atoms with Gasteiger partial charge in [0, 0.05) is 13.1 Å². The largest absolute Gasteiger partial charge is 0.224 e. The first-order valence-electron chi connectivity index (χ1n) is 2.78. The maximum Gasteiger partial charge on any atom is 0.156 e. The van der Waals surface area contributed by atoms with E-state index in [4.69, 9.17) is 11.6 Å². The standard InChI is InChI=1S/C5H5ClN4O/c1-10(9-11)5-2-4(6)7-3-8-5/h2-3H,1H3. The molecule has 0 saturated heterocycles. The fourth-order valence-electron chi connectivity index (χ4n) is 0.543. The van der Waals surface area contributed by atoms with Gasteiger partial charge in [-0.3, -0.25) is 0 Å². The molecule has 0 spiro atoms. The smallest absolute Gasteiger partial charge is 0.156 e. The third kappa shape index (κ3) is 1.84. The average Bonchev–Trinajstić information content (AvgIpc) is 2.03. The zero-order valence-corrected chi connectivity index (χ0v) is 6.49. The highest BCUT2D eigenvalue weighted by atomic mass is 35.5. The van der Waals surface area contributed by atoms with Crippen LogP contribution in [-0.4, -0.2) is 17.0 Å². The first-order chi connectivity index (χ1) is 5.24. The second-order valence-corrected chi connectivity index (χ2v) is 2.19. The molecule has 0 aromatic carbocycles. The molecule has 0 unspecified atom stereocenters. The Morgan fingerprint density at radius 2 is 2.36 bits per heavy atom. The van der Waals surface area contributed by atoms with Crippen LogP contribution >= 0.6 is 11.6 Å². The number of halogens is 1. The van der Waals surface area contributed by atoms with E-state index in [-0.39, 0.29) is 5.15 Å². The molecular weight excluding hydrogens is 168 g/mol. The van der Waals surface area contributed by atoms with Gasteiger partial charge in [0.05, 0.1) is 5.29 Å². The highest BCUT2D eigenvalue weighted by molar-refractivity contribution is 6.29. The summed E-state index contributed by atoms with van der Waals surface area (Å²) in [6.45, 7) is 0. The molecule has 58 valence electrons. The molecule has 0 bridgehead atoms. The van der Waals surface area contributed by atoms with Gasteiger partial charge in [-0.1, -0.05) is 11.6 Å². The molecule has 0 aliphatic rings. The SMILES string of the molecule is CN(N=O)c1cc(Cl)ncn1. The lowest BCUT2D eigenvalue weighted by Gasteiger charge is -2.05. The Hall–Kier alpha value is -1.23. The number of rotatable bonds is 2. The highest BCUT2D eigenvalue weighted by Crippen LogP contribution is 2.11. The summed E-state index contributed by atoms with van der Waals surface area (Å²) in [7, 11) is 1.48. The van der Waals surface area contributed by atoms with Gasteiger partial charge in [0.25, 0.3) is 0 Å². The number of anilines is 1. The molecule has 0 amide bonds. The van der Waals surface area contributed by atoms with Crippen LogP contribution in [0.15, 0.2) is 17.7 Å². The van der Waals surface area contributed by atoms with Crippen molar-refractivity contribution in [2.24, 2.45) is 5.29 Å². The van der Waals surface area contributed by atoms with Gasteiger partial charge in [-0.2, -0.15) is 0 Å². The lowest BCUT2D eigenvalue weighted by molar-refractivity contribution is 0.954. The molecule has 1 aromatic rings. The second kappa shape index (κ2) is 3.25. The lowest BCUT2D eigenvalue weighted by Crippen LogP contribution is -2.08. The maximum absolute atomic E-state index is 9.99. The van der Waals surface area contributed by atoms with E-state index in [1.807, 2.05) is 0 Å². The van der Waals surface area contributed by atoms with Crippen molar-refractivity contribution >= 4 is 17.4 Å². The summed E-state index contributed by atoms with van der Waals surface area (Å²) in [6, 6.07) is 1.45. The molecule has 0 N–H and O–H groups in total. The van der Waals surface area contributed by atoms with Crippen molar-refractivity contribution in [2.45, 2.75) is 0 Å². The minimum atomic E-state index is 0.283. The fourth-order valence-corrected chi connectivity index (χ4v) is 0.684.